The van der Waals surface area contributed by atoms with Crippen molar-refractivity contribution < 1.29 is 32.9 Å². The van der Waals surface area contributed by atoms with Gasteiger partial charge in [0.05, 0.1) is 12.2 Å². The molecular weight excluding hydrogens is 409 g/mol. The number of ether oxygens (including phenoxy) is 2. The lowest BCUT2D eigenvalue weighted by atomic mass is 9.97. The molecule has 2 aromatic carbocycles. The molecule has 0 radical (unpaired) electrons. The van der Waals surface area contributed by atoms with E-state index in [2.05, 4.69) is 0 Å². The van der Waals surface area contributed by atoms with Crippen molar-refractivity contribution in [2.45, 2.75) is 44.8 Å². The Labute approximate surface area is 179 Å². The third-order valence-electron chi connectivity index (χ3n) is 4.70. The van der Waals surface area contributed by atoms with E-state index in [0.29, 0.717) is 35.7 Å². The molecule has 1 aliphatic rings. The molecule has 0 spiro atoms. The molecule has 2 aromatic rings. The highest BCUT2D eigenvalue weighted by atomic mass is 19.4. The second kappa shape index (κ2) is 10.0. The van der Waals surface area contributed by atoms with Crippen molar-refractivity contribution >= 4 is 5.57 Å². The maximum atomic E-state index is 12.8. The summed E-state index contributed by atoms with van der Waals surface area (Å²) in [6.07, 6.45) is 0.918. The van der Waals surface area contributed by atoms with Crippen LogP contribution in [-0.2, 0) is 12.6 Å². The number of rotatable bonds is 8. The van der Waals surface area contributed by atoms with Gasteiger partial charge in [-0.2, -0.15) is 13.2 Å². The summed E-state index contributed by atoms with van der Waals surface area (Å²) < 4.78 is 50.1. The summed E-state index contributed by atoms with van der Waals surface area (Å²) in [5, 5.41) is 18.6. The molecule has 3 rings (SSSR count). The fraction of sp³-hybridized carbons (Fsp3) is 0.333. The molecular formula is C24H25F3O4. The number of aliphatic hydroxyl groups is 2. The lowest BCUT2D eigenvalue weighted by Crippen LogP contribution is -2.16. The average Bonchev–Trinajstić information content (AvgIpc) is 2.71. The van der Waals surface area contributed by atoms with Gasteiger partial charge >= 0.3 is 6.18 Å². The van der Waals surface area contributed by atoms with Crippen LogP contribution < -0.4 is 9.47 Å². The predicted molar refractivity (Wildman–Crippen MR) is 112 cm³/mol. The molecule has 0 aromatic heterocycles. The maximum Gasteiger partial charge on any atom is 0.416 e. The van der Waals surface area contributed by atoms with Crippen LogP contribution in [0.3, 0.4) is 0 Å². The van der Waals surface area contributed by atoms with Gasteiger partial charge in [0.1, 0.15) is 17.6 Å². The van der Waals surface area contributed by atoms with Crippen molar-refractivity contribution in [2.75, 3.05) is 6.61 Å². The van der Waals surface area contributed by atoms with Crippen LogP contribution in [0.5, 0.6) is 11.5 Å². The number of alkyl halides is 3. The van der Waals surface area contributed by atoms with E-state index in [1.54, 1.807) is 18.2 Å². The van der Waals surface area contributed by atoms with Crippen LogP contribution >= 0.6 is 0 Å². The minimum absolute atomic E-state index is 0.0386. The summed E-state index contributed by atoms with van der Waals surface area (Å²) in [4.78, 5) is 0. The van der Waals surface area contributed by atoms with Crippen molar-refractivity contribution in [1.82, 2.24) is 0 Å². The molecule has 0 fully saturated rings. The van der Waals surface area contributed by atoms with Crippen molar-refractivity contribution in [3.05, 3.63) is 77.4 Å². The monoisotopic (exact) mass is 434 g/mol. The number of allylic oxidation sites excluding steroid dienone is 2. The van der Waals surface area contributed by atoms with Gasteiger partial charge in [-0.25, -0.2) is 0 Å². The second-order valence-corrected chi connectivity index (χ2v) is 7.34. The molecule has 0 aliphatic heterocycles. The highest BCUT2D eigenvalue weighted by Crippen LogP contribution is 2.32. The number of benzene rings is 2. The first-order valence-corrected chi connectivity index (χ1v) is 10.1. The van der Waals surface area contributed by atoms with Crippen LogP contribution in [0.1, 0.15) is 36.5 Å². The first kappa shape index (κ1) is 22.9. The molecule has 2 N–H and O–H groups in total. The molecule has 0 heterocycles. The second-order valence-electron chi connectivity index (χ2n) is 7.34. The maximum absolute atomic E-state index is 12.8. The van der Waals surface area contributed by atoms with Crippen molar-refractivity contribution in [3.8, 4) is 11.5 Å². The molecule has 0 bridgehead atoms. The number of aliphatic hydroxyl groups excluding tert-OH is 1. The zero-order chi connectivity index (χ0) is 22.4. The van der Waals surface area contributed by atoms with Crippen LogP contribution in [0.15, 0.2) is 60.7 Å². The summed E-state index contributed by atoms with van der Waals surface area (Å²) in [6, 6.07) is 10.2. The predicted octanol–water partition coefficient (Wildman–Crippen LogP) is 5.14. The largest absolute Gasteiger partial charge is 0.493 e. The highest BCUT2D eigenvalue weighted by Gasteiger charge is 2.30. The molecule has 0 saturated carbocycles. The van der Waals surface area contributed by atoms with E-state index >= 15 is 0 Å². The van der Waals surface area contributed by atoms with Crippen LogP contribution in [0.25, 0.3) is 5.57 Å². The third-order valence-corrected chi connectivity index (χ3v) is 4.70. The summed E-state index contributed by atoms with van der Waals surface area (Å²) in [6.45, 7) is 2.51. The van der Waals surface area contributed by atoms with Gasteiger partial charge in [0, 0.05) is 18.9 Å². The van der Waals surface area contributed by atoms with E-state index in [9.17, 15) is 23.4 Å². The van der Waals surface area contributed by atoms with Gasteiger partial charge < -0.3 is 19.7 Å². The van der Waals surface area contributed by atoms with Gasteiger partial charge in [-0.1, -0.05) is 31.2 Å². The molecule has 4 nitrogen and oxygen atoms in total. The normalized spacial score (nSPS) is 16.4. The molecule has 0 amide bonds. The van der Waals surface area contributed by atoms with Crippen LogP contribution in [0, 0.1) is 0 Å². The smallest absolute Gasteiger partial charge is 0.416 e. The van der Waals surface area contributed by atoms with Crippen molar-refractivity contribution in [3.63, 3.8) is 0 Å². The van der Waals surface area contributed by atoms with Crippen molar-refractivity contribution in [2.24, 2.45) is 0 Å². The van der Waals surface area contributed by atoms with Crippen LogP contribution in [0.2, 0.25) is 0 Å². The van der Waals surface area contributed by atoms with E-state index in [1.165, 1.54) is 12.1 Å². The van der Waals surface area contributed by atoms with Gasteiger partial charge in [0.15, 0.2) is 6.29 Å². The number of hydrogen-bond acceptors (Lipinski definition) is 4. The lowest BCUT2D eigenvalue weighted by Gasteiger charge is -2.20. The Morgan fingerprint density at radius 1 is 1.06 bits per heavy atom. The van der Waals surface area contributed by atoms with Gasteiger partial charge in [-0.15, -0.1) is 0 Å². The van der Waals surface area contributed by atoms with Gasteiger partial charge in [0.25, 0.3) is 0 Å². The molecule has 1 atom stereocenters. The van der Waals surface area contributed by atoms with E-state index in [0.717, 1.165) is 24.1 Å². The Kier molecular flexibility index (Phi) is 7.41. The van der Waals surface area contributed by atoms with E-state index in [-0.39, 0.29) is 12.5 Å². The Balaban J connectivity index is 1.79. The Morgan fingerprint density at radius 3 is 2.42 bits per heavy atom. The summed E-state index contributed by atoms with van der Waals surface area (Å²) in [7, 11) is 0. The standard InChI is InChI=1S/C24H25F3O4/c1-2-10-30-21-11-16(13-23(28)29)12-22(15-21)31-20-5-3-4-18(14-20)17-6-8-19(9-7-17)24(25,26)27/h3-4,6-9,11-12,14-15,20,23,28-29H,2,5,10,13H2,1H3. The number of halogens is 3. The first-order chi connectivity index (χ1) is 14.7. The Morgan fingerprint density at radius 2 is 1.77 bits per heavy atom. The topological polar surface area (TPSA) is 58.9 Å². The van der Waals surface area contributed by atoms with E-state index in [4.69, 9.17) is 9.47 Å². The minimum Gasteiger partial charge on any atom is -0.493 e. The molecule has 0 saturated heterocycles. The highest BCUT2D eigenvalue weighted by molar-refractivity contribution is 5.75. The lowest BCUT2D eigenvalue weighted by molar-refractivity contribution is -0.137. The summed E-state index contributed by atoms with van der Waals surface area (Å²) in [5.41, 5.74) is 1.42. The first-order valence-electron chi connectivity index (χ1n) is 10.1. The summed E-state index contributed by atoms with van der Waals surface area (Å²) >= 11 is 0. The van der Waals surface area contributed by atoms with Gasteiger partial charge in [-0.05, 0) is 53.5 Å². The number of hydrogen-bond donors (Lipinski definition) is 2. The van der Waals surface area contributed by atoms with E-state index in [1.807, 2.05) is 25.2 Å². The molecule has 31 heavy (non-hydrogen) atoms. The van der Waals surface area contributed by atoms with Crippen LogP contribution in [-0.4, -0.2) is 29.2 Å². The van der Waals surface area contributed by atoms with Crippen molar-refractivity contribution in [1.29, 1.82) is 0 Å². The quantitative estimate of drug-likeness (QED) is 0.565. The Bertz CT molecular complexity index is 931. The average molecular weight is 434 g/mol. The van der Waals surface area contributed by atoms with Gasteiger partial charge in [-0.3, -0.25) is 0 Å². The fourth-order valence-corrected chi connectivity index (χ4v) is 3.28. The zero-order valence-electron chi connectivity index (χ0n) is 17.1. The third kappa shape index (κ3) is 6.60. The Hall–Kier alpha value is -2.77. The zero-order valence-corrected chi connectivity index (χ0v) is 17.1. The molecule has 7 heteroatoms. The van der Waals surface area contributed by atoms with Gasteiger partial charge in [0.2, 0.25) is 0 Å². The molecule has 1 aliphatic carbocycles. The fourth-order valence-electron chi connectivity index (χ4n) is 3.28. The molecule has 166 valence electrons. The van der Waals surface area contributed by atoms with Crippen LogP contribution in [0.4, 0.5) is 13.2 Å². The SMILES string of the molecule is CCCOc1cc(CC(O)O)cc(OC2C=C(c3ccc(C(F)(F)F)cc3)C=CC2)c1. The van der Waals surface area contributed by atoms with E-state index < -0.39 is 18.0 Å². The molecule has 1 unspecified atom stereocenters. The summed E-state index contributed by atoms with van der Waals surface area (Å²) in [5.74, 6) is 1.10. The minimum atomic E-state index is -4.37.